The summed E-state index contributed by atoms with van der Waals surface area (Å²) >= 11 is 0. The van der Waals surface area contributed by atoms with Gasteiger partial charge >= 0.3 is 0 Å². The molecule has 2 amide bonds. The lowest BCUT2D eigenvalue weighted by atomic mass is 10.1. The van der Waals surface area contributed by atoms with Gasteiger partial charge in [-0.05, 0) is 68.3 Å². The zero-order chi connectivity index (χ0) is 21.0. The molecule has 0 saturated heterocycles. The van der Waals surface area contributed by atoms with Crippen molar-refractivity contribution < 1.29 is 9.59 Å². The van der Waals surface area contributed by atoms with E-state index in [1.165, 1.54) is 6.92 Å². The molecule has 148 valence electrons. The maximum Gasteiger partial charge on any atom is 0.274 e. The summed E-state index contributed by atoms with van der Waals surface area (Å²) in [5.74, 6) is -0.162. The van der Waals surface area contributed by atoms with Crippen molar-refractivity contribution >= 4 is 34.8 Å². The van der Waals surface area contributed by atoms with Gasteiger partial charge in [0.25, 0.3) is 5.91 Å². The van der Waals surface area contributed by atoms with Crippen molar-refractivity contribution in [1.29, 1.82) is 0 Å². The molecule has 0 aliphatic heterocycles. The minimum absolute atomic E-state index is 0.153. The number of aromatic nitrogens is 2. The van der Waals surface area contributed by atoms with Gasteiger partial charge in [0.1, 0.15) is 5.69 Å². The molecule has 0 radical (unpaired) electrons. The number of anilines is 4. The van der Waals surface area contributed by atoms with Crippen LogP contribution in [0.2, 0.25) is 0 Å². The Kier molecular flexibility index (Phi) is 5.87. The van der Waals surface area contributed by atoms with Crippen LogP contribution in [0.5, 0.6) is 0 Å². The lowest BCUT2D eigenvalue weighted by molar-refractivity contribution is -0.114. The van der Waals surface area contributed by atoms with Gasteiger partial charge in [-0.15, -0.1) is 0 Å². The monoisotopic (exact) mass is 389 g/mol. The first-order valence-corrected chi connectivity index (χ1v) is 9.18. The second-order valence-corrected chi connectivity index (χ2v) is 6.94. The number of hydrogen-bond acceptors (Lipinski definition) is 5. The van der Waals surface area contributed by atoms with Gasteiger partial charge in [-0.25, -0.2) is 9.97 Å². The zero-order valence-electron chi connectivity index (χ0n) is 16.8. The fourth-order valence-corrected chi connectivity index (χ4v) is 2.99. The van der Waals surface area contributed by atoms with Crippen LogP contribution in [-0.4, -0.2) is 21.8 Å². The summed E-state index contributed by atoms with van der Waals surface area (Å²) in [5.41, 5.74) is 5.14. The molecule has 0 bridgehead atoms. The van der Waals surface area contributed by atoms with Crippen LogP contribution in [0.3, 0.4) is 0 Å². The minimum Gasteiger partial charge on any atom is -0.326 e. The van der Waals surface area contributed by atoms with Gasteiger partial charge in [0, 0.05) is 29.7 Å². The Morgan fingerprint density at radius 2 is 1.48 bits per heavy atom. The van der Waals surface area contributed by atoms with Gasteiger partial charge in [0.05, 0.1) is 0 Å². The third kappa shape index (κ3) is 5.62. The molecule has 0 spiro atoms. The number of carbonyl (C=O) groups is 2. The topological polar surface area (TPSA) is 96.0 Å². The molecule has 7 heteroatoms. The summed E-state index contributed by atoms with van der Waals surface area (Å²) in [6.07, 6.45) is 0. The first-order valence-electron chi connectivity index (χ1n) is 9.18. The first-order chi connectivity index (χ1) is 13.8. The summed E-state index contributed by atoms with van der Waals surface area (Å²) < 4.78 is 0. The van der Waals surface area contributed by atoms with Crippen molar-refractivity contribution in [2.75, 3.05) is 16.0 Å². The van der Waals surface area contributed by atoms with Crippen LogP contribution in [-0.2, 0) is 4.79 Å². The van der Waals surface area contributed by atoms with E-state index in [0.717, 1.165) is 16.8 Å². The van der Waals surface area contributed by atoms with E-state index in [1.807, 2.05) is 38.1 Å². The third-order valence-corrected chi connectivity index (χ3v) is 4.01. The molecule has 3 rings (SSSR count). The van der Waals surface area contributed by atoms with Crippen LogP contribution in [0, 0.1) is 20.8 Å². The van der Waals surface area contributed by atoms with Crippen LogP contribution in [0.25, 0.3) is 0 Å². The number of benzene rings is 2. The maximum absolute atomic E-state index is 12.7. The summed E-state index contributed by atoms with van der Waals surface area (Å²) in [6, 6.07) is 14.7. The van der Waals surface area contributed by atoms with Crippen molar-refractivity contribution in [3.8, 4) is 0 Å². The third-order valence-electron chi connectivity index (χ3n) is 4.01. The normalized spacial score (nSPS) is 10.3. The molecular weight excluding hydrogens is 366 g/mol. The summed E-state index contributed by atoms with van der Waals surface area (Å²) in [6.45, 7) is 7.21. The average molecular weight is 389 g/mol. The molecule has 1 heterocycles. The predicted molar refractivity (Wildman–Crippen MR) is 115 cm³/mol. The van der Waals surface area contributed by atoms with Crippen molar-refractivity contribution in [3.63, 3.8) is 0 Å². The fourth-order valence-electron chi connectivity index (χ4n) is 2.99. The number of nitrogens with one attached hydrogen (secondary N) is 3. The first kappa shape index (κ1) is 20.0. The summed E-state index contributed by atoms with van der Waals surface area (Å²) in [4.78, 5) is 32.6. The maximum atomic E-state index is 12.7. The van der Waals surface area contributed by atoms with Crippen LogP contribution in [0.15, 0.2) is 48.5 Å². The SMILES string of the molecule is CC(=O)Nc1cccc(Nc2nc(C)cc(C(=O)Nc3cc(C)cc(C)c3)n2)c1. The molecule has 0 fully saturated rings. The van der Waals surface area contributed by atoms with Gasteiger partial charge in [-0.3, -0.25) is 9.59 Å². The van der Waals surface area contributed by atoms with E-state index in [4.69, 9.17) is 0 Å². The molecule has 0 aliphatic rings. The number of aryl methyl sites for hydroxylation is 3. The molecular formula is C22H23N5O2. The lowest BCUT2D eigenvalue weighted by Crippen LogP contribution is -2.15. The molecule has 3 aromatic rings. The number of carbonyl (C=O) groups excluding carboxylic acids is 2. The highest BCUT2D eigenvalue weighted by Crippen LogP contribution is 2.19. The highest BCUT2D eigenvalue weighted by Gasteiger charge is 2.12. The Labute approximate surface area is 169 Å². The number of rotatable bonds is 5. The summed E-state index contributed by atoms with van der Waals surface area (Å²) in [7, 11) is 0. The Morgan fingerprint density at radius 3 is 2.17 bits per heavy atom. The van der Waals surface area contributed by atoms with Crippen molar-refractivity contribution in [2.45, 2.75) is 27.7 Å². The van der Waals surface area contributed by atoms with E-state index in [2.05, 4.69) is 25.9 Å². The molecule has 1 aromatic heterocycles. The van der Waals surface area contributed by atoms with E-state index in [-0.39, 0.29) is 17.5 Å². The molecule has 0 saturated carbocycles. The molecule has 29 heavy (non-hydrogen) atoms. The van der Waals surface area contributed by atoms with E-state index in [9.17, 15) is 9.59 Å². The highest BCUT2D eigenvalue weighted by molar-refractivity contribution is 6.03. The lowest BCUT2D eigenvalue weighted by Gasteiger charge is -2.11. The van der Waals surface area contributed by atoms with E-state index < -0.39 is 0 Å². The molecule has 7 nitrogen and oxygen atoms in total. The van der Waals surface area contributed by atoms with Gasteiger partial charge in [0.2, 0.25) is 11.9 Å². The van der Waals surface area contributed by atoms with Crippen LogP contribution in [0.4, 0.5) is 23.0 Å². The molecule has 0 unspecified atom stereocenters. The average Bonchev–Trinajstić information content (AvgIpc) is 2.60. The minimum atomic E-state index is -0.310. The highest BCUT2D eigenvalue weighted by atomic mass is 16.2. The molecule has 3 N–H and O–H groups in total. The van der Waals surface area contributed by atoms with Gasteiger partial charge in [-0.2, -0.15) is 0 Å². The van der Waals surface area contributed by atoms with Crippen molar-refractivity contribution in [3.05, 3.63) is 71.0 Å². The molecule has 0 atom stereocenters. The smallest absolute Gasteiger partial charge is 0.274 e. The van der Waals surface area contributed by atoms with E-state index >= 15 is 0 Å². The van der Waals surface area contributed by atoms with Crippen molar-refractivity contribution in [1.82, 2.24) is 9.97 Å². The van der Waals surface area contributed by atoms with Crippen LogP contribution in [0.1, 0.15) is 34.2 Å². The van der Waals surface area contributed by atoms with E-state index in [0.29, 0.717) is 23.0 Å². The summed E-state index contributed by atoms with van der Waals surface area (Å²) in [5, 5.41) is 8.69. The fraction of sp³-hybridized carbons (Fsp3) is 0.182. The van der Waals surface area contributed by atoms with Gasteiger partial charge in [0.15, 0.2) is 0 Å². The Morgan fingerprint density at radius 1 is 0.793 bits per heavy atom. The number of nitrogens with zero attached hydrogens (tertiary/aromatic N) is 2. The zero-order valence-corrected chi connectivity index (χ0v) is 16.8. The quantitative estimate of drug-likeness (QED) is 0.603. The Bertz CT molecular complexity index is 1060. The van der Waals surface area contributed by atoms with Crippen LogP contribution >= 0.6 is 0 Å². The molecule has 0 aliphatic carbocycles. The van der Waals surface area contributed by atoms with E-state index in [1.54, 1.807) is 31.2 Å². The number of hydrogen-bond donors (Lipinski definition) is 3. The second-order valence-electron chi connectivity index (χ2n) is 6.94. The standard InChI is InChI=1S/C22H23N5O2/c1-13-8-14(2)10-19(9-13)25-21(29)20-11-15(3)23-22(27-20)26-18-7-5-6-17(12-18)24-16(4)28/h5-12H,1-4H3,(H,24,28)(H,25,29)(H,23,26,27). The second kappa shape index (κ2) is 8.52. The van der Waals surface area contributed by atoms with Crippen LogP contribution < -0.4 is 16.0 Å². The molecule has 2 aromatic carbocycles. The van der Waals surface area contributed by atoms with Gasteiger partial charge in [-0.1, -0.05) is 12.1 Å². The number of amides is 2. The van der Waals surface area contributed by atoms with Crippen molar-refractivity contribution in [2.24, 2.45) is 0 Å². The van der Waals surface area contributed by atoms with Gasteiger partial charge < -0.3 is 16.0 Å². The Hall–Kier alpha value is -3.74. The largest absolute Gasteiger partial charge is 0.326 e. The predicted octanol–water partition coefficient (Wildman–Crippen LogP) is 4.36. The Balaban J connectivity index is 1.80.